The molecule has 0 saturated carbocycles. The first-order valence-electron chi connectivity index (χ1n) is 5.37. The zero-order chi connectivity index (χ0) is 10.6. The van der Waals surface area contributed by atoms with Crippen molar-refractivity contribution in [2.75, 3.05) is 6.54 Å². The van der Waals surface area contributed by atoms with Gasteiger partial charge in [0.05, 0.1) is 24.3 Å². The van der Waals surface area contributed by atoms with Crippen molar-refractivity contribution < 1.29 is 15.0 Å². The molecule has 3 aliphatic heterocycles. The molecule has 0 aromatic carbocycles. The lowest BCUT2D eigenvalue weighted by atomic mass is 9.96. The molecule has 3 aliphatic rings. The van der Waals surface area contributed by atoms with Gasteiger partial charge in [-0.2, -0.15) is 0 Å². The van der Waals surface area contributed by atoms with Crippen molar-refractivity contribution >= 4 is 6.03 Å². The van der Waals surface area contributed by atoms with Crippen LogP contribution in [0.1, 0.15) is 12.8 Å². The third kappa shape index (κ3) is 1.18. The summed E-state index contributed by atoms with van der Waals surface area (Å²) in [4.78, 5) is 13.1. The number of nitrogens with zero attached hydrogens (tertiary/aromatic N) is 1. The van der Waals surface area contributed by atoms with Gasteiger partial charge in [0.25, 0.3) is 0 Å². The van der Waals surface area contributed by atoms with E-state index in [1.54, 1.807) is 0 Å². The van der Waals surface area contributed by atoms with Crippen molar-refractivity contribution in [1.82, 2.24) is 15.5 Å². The van der Waals surface area contributed by atoms with Gasteiger partial charge in [-0.15, -0.1) is 0 Å². The Balaban J connectivity index is 1.88. The second-order valence-electron chi connectivity index (χ2n) is 4.52. The highest BCUT2D eigenvalue weighted by atomic mass is 16.3. The molecule has 0 aromatic rings. The maximum Gasteiger partial charge on any atom is 0.316 e. The highest BCUT2D eigenvalue weighted by Gasteiger charge is 2.55. The van der Waals surface area contributed by atoms with Crippen LogP contribution in [0.15, 0.2) is 0 Å². The fourth-order valence-electron chi connectivity index (χ4n) is 3.04. The van der Waals surface area contributed by atoms with Gasteiger partial charge in [0.1, 0.15) is 6.17 Å². The molecule has 0 radical (unpaired) electrons. The van der Waals surface area contributed by atoms with Gasteiger partial charge in [0, 0.05) is 6.54 Å². The highest BCUT2D eigenvalue weighted by Crippen LogP contribution is 2.33. The molecule has 2 amide bonds. The van der Waals surface area contributed by atoms with Crippen LogP contribution in [-0.2, 0) is 0 Å². The molecule has 3 saturated heterocycles. The average molecular weight is 213 g/mol. The summed E-state index contributed by atoms with van der Waals surface area (Å²) < 4.78 is 0. The van der Waals surface area contributed by atoms with Crippen LogP contribution in [0.3, 0.4) is 0 Å². The van der Waals surface area contributed by atoms with E-state index in [9.17, 15) is 15.0 Å². The number of aliphatic hydroxyl groups excluding tert-OH is 2. The molecule has 1 unspecified atom stereocenters. The minimum absolute atomic E-state index is 0.160. The van der Waals surface area contributed by atoms with Crippen LogP contribution in [0.4, 0.5) is 4.79 Å². The van der Waals surface area contributed by atoms with E-state index in [1.807, 2.05) is 4.90 Å². The summed E-state index contributed by atoms with van der Waals surface area (Å²) in [5.41, 5.74) is 0. The smallest absolute Gasteiger partial charge is 0.316 e. The van der Waals surface area contributed by atoms with Gasteiger partial charge < -0.3 is 20.8 Å². The molecule has 5 atom stereocenters. The number of fused-ring (bicyclic) bond motifs is 3. The van der Waals surface area contributed by atoms with Crippen LogP contribution >= 0.6 is 0 Å². The summed E-state index contributed by atoms with van der Waals surface area (Å²) in [5.74, 6) is 0. The third-order valence-corrected chi connectivity index (χ3v) is 3.69. The lowest BCUT2D eigenvalue weighted by Gasteiger charge is -2.36. The second kappa shape index (κ2) is 3.07. The van der Waals surface area contributed by atoms with E-state index in [0.29, 0.717) is 0 Å². The Morgan fingerprint density at radius 1 is 1.33 bits per heavy atom. The van der Waals surface area contributed by atoms with Gasteiger partial charge in [0.2, 0.25) is 0 Å². The second-order valence-corrected chi connectivity index (χ2v) is 4.52. The van der Waals surface area contributed by atoms with Crippen LogP contribution in [0.2, 0.25) is 0 Å². The monoisotopic (exact) mass is 213 g/mol. The van der Waals surface area contributed by atoms with Gasteiger partial charge in [-0.25, -0.2) is 4.79 Å². The third-order valence-electron chi connectivity index (χ3n) is 3.69. The van der Waals surface area contributed by atoms with Crippen LogP contribution in [0, 0.1) is 0 Å². The number of hydrogen-bond donors (Lipinski definition) is 4. The van der Waals surface area contributed by atoms with Crippen molar-refractivity contribution in [2.45, 2.75) is 43.3 Å². The molecule has 6 nitrogen and oxygen atoms in total. The van der Waals surface area contributed by atoms with Crippen LogP contribution in [0.25, 0.3) is 0 Å². The van der Waals surface area contributed by atoms with E-state index >= 15 is 0 Å². The van der Waals surface area contributed by atoms with Gasteiger partial charge in [0.15, 0.2) is 0 Å². The van der Waals surface area contributed by atoms with Gasteiger partial charge in [-0.05, 0) is 12.8 Å². The van der Waals surface area contributed by atoms with E-state index in [1.165, 1.54) is 0 Å². The maximum absolute atomic E-state index is 11.1. The summed E-state index contributed by atoms with van der Waals surface area (Å²) >= 11 is 0. The first kappa shape index (κ1) is 9.38. The Labute approximate surface area is 87.3 Å². The summed E-state index contributed by atoms with van der Waals surface area (Å²) in [6.07, 6.45) is 0.310. The lowest BCUT2D eigenvalue weighted by molar-refractivity contribution is -0.0241. The summed E-state index contributed by atoms with van der Waals surface area (Å²) in [5, 5.41) is 25.3. The summed E-state index contributed by atoms with van der Waals surface area (Å²) in [6, 6.07) is -0.750. The Morgan fingerprint density at radius 3 is 2.93 bits per heavy atom. The lowest BCUT2D eigenvalue weighted by Crippen LogP contribution is -2.54. The van der Waals surface area contributed by atoms with E-state index in [-0.39, 0.29) is 24.3 Å². The Bertz CT molecular complexity index is 298. The normalized spacial score (nSPS) is 49.5. The standard InChI is InChI=1S/C9H15N3O3/c13-4-2-1-3-12-6(4)7(14)5-8(12)11-9(15)10-5/h4-8,13-14H,1-3H2,(H2,10,11,15)/t4-,5+,6-,7-,8?/m1/s1. The minimum Gasteiger partial charge on any atom is -0.391 e. The van der Waals surface area contributed by atoms with Crippen LogP contribution in [0.5, 0.6) is 0 Å². The zero-order valence-corrected chi connectivity index (χ0v) is 8.26. The largest absolute Gasteiger partial charge is 0.391 e. The Hall–Kier alpha value is -0.850. The highest BCUT2D eigenvalue weighted by molar-refractivity contribution is 5.77. The quantitative estimate of drug-likeness (QED) is 0.382. The zero-order valence-electron chi connectivity index (χ0n) is 8.26. The van der Waals surface area contributed by atoms with Crippen molar-refractivity contribution in [3.05, 3.63) is 0 Å². The summed E-state index contributed by atoms with van der Waals surface area (Å²) in [6.45, 7) is 0.821. The fraction of sp³-hybridized carbons (Fsp3) is 0.889. The maximum atomic E-state index is 11.1. The summed E-state index contributed by atoms with van der Waals surface area (Å²) in [7, 11) is 0. The predicted octanol–water partition coefficient (Wildman–Crippen LogP) is -1.81. The number of aliphatic hydroxyl groups is 2. The SMILES string of the molecule is O=C1NC2[C@@H](N1)[C@@H](O)[C@H]1[C@H](O)CCCN21. The molecular weight excluding hydrogens is 198 g/mol. The molecule has 6 heteroatoms. The minimum atomic E-state index is -0.677. The van der Waals surface area contributed by atoms with E-state index in [4.69, 9.17) is 0 Å². The Kier molecular flexibility index (Phi) is 1.92. The van der Waals surface area contributed by atoms with Crippen molar-refractivity contribution in [3.8, 4) is 0 Å². The van der Waals surface area contributed by atoms with Crippen LogP contribution < -0.4 is 10.6 Å². The number of nitrogens with one attached hydrogen (secondary N) is 2. The molecule has 3 heterocycles. The molecule has 0 bridgehead atoms. The first-order valence-corrected chi connectivity index (χ1v) is 5.37. The molecule has 84 valence electrons. The van der Waals surface area contributed by atoms with Gasteiger partial charge in [-0.1, -0.05) is 0 Å². The number of urea groups is 1. The molecular formula is C9H15N3O3. The van der Waals surface area contributed by atoms with E-state index in [2.05, 4.69) is 10.6 Å². The van der Waals surface area contributed by atoms with Crippen molar-refractivity contribution in [1.29, 1.82) is 0 Å². The number of piperidine rings is 1. The fourth-order valence-corrected chi connectivity index (χ4v) is 3.04. The van der Waals surface area contributed by atoms with E-state index in [0.717, 1.165) is 19.4 Å². The van der Waals surface area contributed by atoms with E-state index < -0.39 is 12.2 Å². The number of carbonyl (C=O) groups is 1. The van der Waals surface area contributed by atoms with Gasteiger partial charge in [-0.3, -0.25) is 4.90 Å². The predicted molar refractivity (Wildman–Crippen MR) is 51.0 cm³/mol. The first-order chi connectivity index (χ1) is 7.18. The molecule has 4 N–H and O–H groups in total. The van der Waals surface area contributed by atoms with Gasteiger partial charge >= 0.3 is 6.03 Å². The number of rotatable bonds is 0. The van der Waals surface area contributed by atoms with Crippen molar-refractivity contribution in [2.24, 2.45) is 0 Å². The average Bonchev–Trinajstić information content (AvgIpc) is 2.68. The van der Waals surface area contributed by atoms with Crippen molar-refractivity contribution in [3.63, 3.8) is 0 Å². The number of amides is 2. The molecule has 3 fully saturated rings. The van der Waals surface area contributed by atoms with Crippen LogP contribution in [-0.4, -0.2) is 58.1 Å². The molecule has 15 heavy (non-hydrogen) atoms. The number of carbonyl (C=O) groups excluding carboxylic acids is 1. The molecule has 3 rings (SSSR count). The molecule has 0 aromatic heterocycles. The topological polar surface area (TPSA) is 84.8 Å². The molecule has 0 aliphatic carbocycles. The molecule has 0 spiro atoms. The Morgan fingerprint density at radius 2 is 2.13 bits per heavy atom. The number of hydrogen-bond acceptors (Lipinski definition) is 4.